The summed E-state index contributed by atoms with van der Waals surface area (Å²) in [4.78, 5) is 30.2. The zero-order valence-electron chi connectivity index (χ0n) is 18.0. The first kappa shape index (κ1) is 22.2. The quantitative estimate of drug-likeness (QED) is 0.579. The van der Waals surface area contributed by atoms with Crippen molar-refractivity contribution in [3.05, 3.63) is 65.5 Å². The van der Waals surface area contributed by atoms with Crippen molar-refractivity contribution < 1.29 is 14.3 Å². The number of nitriles is 1. The van der Waals surface area contributed by atoms with Crippen LogP contribution in [0.4, 0.5) is 5.13 Å². The number of benzene rings is 2. The molecule has 9 heteroatoms. The number of nitrogens with zero attached hydrogens (tertiary/aromatic N) is 4. The number of hydrogen-bond acceptors (Lipinski definition) is 7. The molecule has 2 aromatic carbocycles. The maximum Gasteiger partial charge on any atom is 0.259 e. The van der Waals surface area contributed by atoms with Crippen LogP contribution in [0.15, 0.2) is 65.1 Å². The van der Waals surface area contributed by atoms with E-state index in [1.165, 1.54) is 16.3 Å². The number of amides is 2. The van der Waals surface area contributed by atoms with Gasteiger partial charge < -0.3 is 10.5 Å². The first-order chi connectivity index (χ1) is 15.9. The molecule has 1 aromatic heterocycles. The van der Waals surface area contributed by atoms with Gasteiger partial charge >= 0.3 is 0 Å². The lowest BCUT2D eigenvalue weighted by molar-refractivity contribution is -0.123. The smallest absolute Gasteiger partial charge is 0.259 e. The number of anilines is 1. The second-order valence-corrected chi connectivity index (χ2v) is 8.40. The van der Waals surface area contributed by atoms with E-state index in [9.17, 15) is 14.9 Å². The molecular weight excluding hydrogens is 438 g/mol. The van der Waals surface area contributed by atoms with Crippen LogP contribution in [0.5, 0.6) is 5.75 Å². The molecule has 166 valence electrons. The van der Waals surface area contributed by atoms with Crippen molar-refractivity contribution in [2.75, 3.05) is 12.1 Å². The third-order valence-corrected chi connectivity index (χ3v) is 6.41. The van der Waals surface area contributed by atoms with E-state index in [1.54, 1.807) is 38.3 Å². The normalized spacial score (nSPS) is 17.2. The third kappa shape index (κ3) is 4.21. The van der Waals surface area contributed by atoms with Gasteiger partial charge in [-0.05, 0) is 36.8 Å². The Kier molecular flexibility index (Phi) is 6.20. The molecule has 0 unspecified atom stereocenters. The Morgan fingerprint density at radius 2 is 1.91 bits per heavy atom. The molecule has 2 N–H and O–H groups in total. The molecule has 0 saturated heterocycles. The first-order valence-electron chi connectivity index (χ1n) is 10.2. The zero-order valence-corrected chi connectivity index (χ0v) is 18.8. The molecule has 3 aromatic rings. The Labute approximate surface area is 194 Å². The molecule has 8 nitrogen and oxygen atoms in total. The SMILES string of the molecule is COc1ccc(-c2csc(N3N=C(C)[C@H]([C@@H](c4ccccc4)[C@@H](C#N)C(N)=O)C3=O)n2)cc1. The van der Waals surface area contributed by atoms with Gasteiger partial charge in [-0.15, -0.1) is 11.3 Å². The van der Waals surface area contributed by atoms with Gasteiger partial charge in [0.25, 0.3) is 5.91 Å². The number of aromatic nitrogens is 1. The number of primary amides is 1. The van der Waals surface area contributed by atoms with Crippen molar-refractivity contribution in [2.45, 2.75) is 12.8 Å². The van der Waals surface area contributed by atoms with Crippen LogP contribution in [0.25, 0.3) is 11.3 Å². The first-order valence-corrected chi connectivity index (χ1v) is 11.1. The fraction of sp³-hybridized carbons (Fsp3) is 0.208. The summed E-state index contributed by atoms with van der Waals surface area (Å²) in [5.41, 5.74) is 8.29. The van der Waals surface area contributed by atoms with Crippen molar-refractivity contribution in [1.82, 2.24) is 4.98 Å². The van der Waals surface area contributed by atoms with Gasteiger partial charge in [-0.25, -0.2) is 4.98 Å². The fourth-order valence-corrected chi connectivity index (χ4v) is 4.75. The second kappa shape index (κ2) is 9.22. The van der Waals surface area contributed by atoms with Crippen molar-refractivity contribution >= 4 is 34.0 Å². The van der Waals surface area contributed by atoms with Crippen LogP contribution in [0.1, 0.15) is 18.4 Å². The Bertz CT molecular complexity index is 1250. The van der Waals surface area contributed by atoms with Crippen LogP contribution in [0, 0.1) is 23.2 Å². The summed E-state index contributed by atoms with van der Waals surface area (Å²) in [5, 5.41) is 17.6. The number of ether oxygens (including phenoxy) is 1. The molecule has 0 aliphatic carbocycles. The number of hydrazone groups is 1. The number of carbonyl (C=O) groups excluding carboxylic acids is 2. The summed E-state index contributed by atoms with van der Waals surface area (Å²) in [6.07, 6.45) is 0. The number of thiazole rings is 1. The maximum absolute atomic E-state index is 13.5. The molecule has 0 saturated carbocycles. The molecule has 2 heterocycles. The molecule has 33 heavy (non-hydrogen) atoms. The van der Waals surface area contributed by atoms with E-state index in [2.05, 4.69) is 10.1 Å². The lowest BCUT2D eigenvalue weighted by Gasteiger charge is -2.25. The molecular formula is C24H21N5O3S. The summed E-state index contributed by atoms with van der Waals surface area (Å²) in [6.45, 7) is 1.71. The van der Waals surface area contributed by atoms with Crippen LogP contribution in [-0.2, 0) is 9.59 Å². The monoisotopic (exact) mass is 459 g/mol. The van der Waals surface area contributed by atoms with Crippen molar-refractivity contribution in [1.29, 1.82) is 5.26 Å². The highest BCUT2D eigenvalue weighted by atomic mass is 32.1. The Morgan fingerprint density at radius 1 is 1.21 bits per heavy atom. The molecule has 1 aliphatic rings. The average molecular weight is 460 g/mol. The lowest BCUT2D eigenvalue weighted by Crippen LogP contribution is -2.38. The molecule has 0 fully saturated rings. The minimum absolute atomic E-state index is 0.349. The van der Waals surface area contributed by atoms with Gasteiger partial charge in [0, 0.05) is 22.6 Å². The molecule has 3 atom stereocenters. The van der Waals surface area contributed by atoms with E-state index >= 15 is 0 Å². The van der Waals surface area contributed by atoms with Crippen molar-refractivity contribution in [3.63, 3.8) is 0 Å². The van der Waals surface area contributed by atoms with Gasteiger partial charge in [0.2, 0.25) is 11.0 Å². The summed E-state index contributed by atoms with van der Waals surface area (Å²) < 4.78 is 5.19. The number of methoxy groups -OCH3 is 1. The Balaban J connectivity index is 1.67. The zero-order chi connectivity index (χ0) is 23.5. The van der Waals surface area contributed by atoms with Gasteiger partial charge in [-0.2, -0.15) is 15.4 Å². The Morgan fingerprint density at radius 3 is 2.52 bits per heavy atom. The van der Waals surface area contributed by atoms with Crippen molar-refractivity contribution in [2.24, 2.45) is 22.7 Å². The maximum atomic E-state index is 13.5. The van der Waals surface area contributed by atoms with Crippen LogP contribution in [-0.4, -0.2) is 29.6 Å². The minimum Gasteiger partial charge on any atom is -0.497 e. The van der Waals surface area contributed by atoms with Gasteiger partial charge in [-0.3, -0.25) is 9.59 Å². The van der Waals surface area contributed by atoms with Gasteiger partial charge in [0.15, 0.2) is 0 Å². The van der Waals surface area contributed by atoms with Crippen molar-refractivity contribution in [3.8, 4) is 23.1 Å². The summed E-state index contributed by atoms with van der Waals surface area (Å²) in [7, 11) is 1.60. The van der Waals surface area contributed by atoms with Crippen LogP contribution >= 0.6 is 11.3 Å². The summed E-state index contributed by atoms with van der Waals surface area (Å²) in [5.74, 6) is -3.13. The highest BCUT2D eigenvalue weighted by Crippen LogP contribution is 2.39. The van der Waals surface area contributed by atoms with Gasteiger partial charge in [0.1, 0.15) is 11.7 Å². The number of rotatable bonds is 7. The van der Waals surface area contributed by atoms with E-state index in [4.69, 9.17) is 10.5 Å². The lowest BCUT2D eigenvalue weighted by atomic mass is 9.75. The topological polar surface area (TPSA) is 122 Å². The van der Waals surface area contributed by atoms with E-state index in [1.807, 2.05) is 41.8 Å². The molecule has 1 aliphatic heterocycles. The number of nitrogens with two attached hydrogens (primary N) is 1. The van der Waals surface area contributed by atoms with Crippen LogP contribution in [0.3, 0.4) is 0 Å². The molecule has 0 radical (unpaired) electrons. The Hall–Kier alpha value is -4.03. The molecule has 0 bridgehead atoms. The van der Waals surface area contributed by atoms with Gasteiger partial charge in [0.05, 0.1) is 24.8 Å². The highest BCUT2D eigenvalue weighted by molar-refractivity contribution is 7.14. The standard InChI is InChI=1S/C24H21N5O3S/c1-14-20(21(18(12-25)22(26)30)16-6-4-3-5-7-16)23(31)29(28-14)24-27-19(13-33-24)15-8-10-17(32-2)11-9-15/h3-11,13,18,20-21H,1-2H3,(H2,26,30)/t18-,20-,21+/m1/s1. The van der Waals surface area contributed by atoms with E-state index in [0.717, 1.165) is 11.3 Å². The largest absolute Gasteiger partial charge is 0.497 e. The van der Waals surface area contributed by atoms with E-state index in [-0.39, 0.29) is 5.91 Å². The third-order valence-electron chi connectivity index (χ3n) is 5.59. The summed E-state index contributed by atoms with van der Waals surface area (Å²) >= 11 is 1.29. The number of hydrogen-bond donors (Lipinski definition) is 1. The average Bonchev–Trinajstić information content (AvgIpc) is 3.42. The molecule has 4 rings (SSSR count). The fourth-order valence-electron chi connectivity index (χ4n) is 3.96. The van der Waals surface area contributed by atoms with Crippen LogP contribution < -0.4 is 15.5 Å². The van der Waals surface area contributed by atoms with Crippen LogP contribution in [0.2, 0.25) is 0 Å². The van der Waals surface area contributed by atoms with Gasteiger partial charge in [-0.1, -0.05) is 30.3 Å². The number of carbonyl (C=O) groups is 2. The minimum atomic E-state index is -1.18. The highest BCUT2D eigenvalue weighted by Gasteiger charge is 2.46. The molecule has 2 amide bonds. The van der Waals surface area contributed by atoms with E-state index < -0.39 is 23.7 Å². The molecule has 0 spiro atoms. The second-order valence-electron chi connectivity index (χ2n) is 7.56. The predicted octanol–water partition coefficient (Wildman–Crippen LogP) is 3.57. The summed E-state index contributed by atoms with van der Waals surface area (Å²) in [6, 6.07) is 18.4. The van der Waals surface area contributed by atoms with E-state index in [0.29, 0.717) is 22.1 Å². The predicted molar refractivity (Wildman–Crippen MR) is 126 cm³/mol.